The Kier molecular flexibility index (Phi) is 7.08. The molecule has 7 heteroatoms. The van der Waals surface area contributed by atoms with Crippen molar-refractivity contribution >= 4 is 24.3 Å². The van der Waals surface area contributed by atoms with Crippen molar-refractivity contribution in [3.05, 3.63) is 29.3 Å². The van der Waals surface area contributed by atoms with Crippen molar-refractivity contribution in [1.29, 1.82) is 0 Å². The van der Waals surface area contributed by atoms with E-state index in [2.05, 4.69) is 18.3 Å². The zero-order valence-corrected chi connectivity index (χ0v) is 19.3. The van der Waals surface area contributed by atoms with Crippen LogP contribution in [0, 0.1) is 23.2 Å². The predicted molar refractivity (Wildman–Crippen MR) is 124 cm³/mol. The number of fused-ring (bicyclic) bond motifs is 5. The van der Waals surface area contributed by atoms with Crippen LogP contribution in [0.5, 0.6) is 0 Å². The van der Waals surface area contributed by atoms with E-state index < -0.39 is 7.12 Å². The van der Waals surface area contributed by atoms with Gasteiger partial charge in [0.05, 0.1) is 6.61 Å². The van der Waals surface area contributed by atoms with Gasteiger partial charge in [0, 0.05) is 31.9 Å². The van der Waals surface area contributed by atoms with Crippen LogP contribution in [0.4, 0.5) is 0 Å². The first-order chi connectivity index (χ1) is 15.3. The van der Waals surface area contributed by atoms with Crippen LogP contribution >= 0.6 is 0 Å². The summed E-state index contributed by atoms with van der Waals surface area (Å²) in [5.41, 5.74) is 2.89. The SMILES string of the molecule is COCCNC(=O)CCC[C@H]1CC(=O)[C@@]2(C)CC[C@@H]3c4ccc(B(O)O)cc4CC[C@H]3[C@H]12. The van der Waals surface area contributed by atoms with Gasteiger partial charge in [-0.3, -0.25) is 9.59 Å². The molecule has 0 saturated heterocycles. The Morgan fingerprint density at radius 3 is 2.88 bits per heavy atom. The number of carbonyl (C=O) groups excluding carboxylic acids is 2. The number of hydrogen-bond acceptors (Lipinski definition) is 5. The molecule has 6 nitrogen and oxygen atoms in total. The molecule has 0 unspecified atom stereocenters. The van der Waals surface area contributed by atoms with Crippen LogP contribution in [0.1, 0.15) is 68.9 Å². The average Bonchev–Trinajstić information content (AvgIpc) is 3.03. The molecule has 1 aromatic rings. The van der Waals surface area contributed by atoms with Crippen LogP contribution in [-0.2, 0) is 20.7 Å². The maximum absolute atomic E-state index is 13.1. The van der Waals surface area contributed by atoms with E-state index in [1.165, 1.54) is 11.1 Å². The number of amides is 1. The molecule has 1 amide bonds. The number of carbonyl (C=O) groups is 2. The molecule has 0 aromatic heterocycles. The second kappa shape index (κ2) is 9.66. The van der Waals surface area contributed by atoms with Crippen molar-refractivity contribution in [2.75, 3.05) is 20.3 Å². The minimum absolute atomic E-state index is 0.0594. The van der Waals surface area contributed by atoms with Gasteiger partial charge >= 0.3 is 7.12 Å². The zero-order valence-electron chi connectivity index (χ0n) is 19.3. The molecule has 3 aliphatic rings. The maximum Gasteiger partial charge on any atom is 0.488 e. The molecule has 4 rings (SSSR count). The highest BCUT2D eigenvalue weighted by molar-refractivity contribution is 6.58. The summed E-state index contributed by atoms with van der Waals surface area (Å²) in [6.07, 6.45) is 6.81. The summed E-state index contributed by atoms with van der Waals surface area (Å²) < 4.78 is 4.98. The molecular weight excluding hydrogens is 405 g/mol. The van der Waals surface area contributed by atoms with Gasteiger partial charge < -0.3 is 20.1 Å². The van der Waals surface area contributed by atoms with Crippen molar-refractivity contribution in [2.24, 2.45) is 23.2 Å². The van der Waals surface area contributed by atoms with Crippen LogP contribution in [0.15, 0.2) is 18.2 Å². The van der Waals surface area contributed by atoms with Crippen LogP contribution in [0.25, 0.3) is 0 Å². The Hall–Kier alpha value is -1.70. The summed E-state index contributed by atoms with van der Waals surface area (Å²) in [6, 6.07) is 5.86. The zero-order chi connectivity index (χ0) is 22.9. The Labute approximate surface area is 191 Å². The number of ether oxygens (including phenoxy) is 1. The Bertz CT molecular complexity index is 859. The van der Waals surface area contributed by atoms with E-state index in [1.807, 2.05) is 12.1 Å². The fraction of sp³-hybridized carbons (Fsp3) is 0.680. The lowest BCUT2D eigenvalue weighted by molar-refractivity contribution is -0.129. The third-order valence-corrected chi connectivity index (χ3v) is 8.50. The van der Waals surface area contributed by atoms with Crippen LogP contribution in [0.2, 0.25) is 0 Å². The van der Waals surface area contributed by atoms with Crippen molar-refractivity contribution < 1.29 is 24.4 Å². The van der Waals surface area contributed by atoms with E-state index in [9.17, 15) is 19.6 Å². The highest BCUT2D eigenvalue weighted by Gasteiger charge is 2.58. The van der Waals surface area contributed by atoms with Gasteiger partial charge in [-0.15, -0.1) is 0 Å². The Morgan fingerprint density at radius 2 is 2.12 bits per heavy atom. The second-order valence-electron chi connectivity index (χ2n) is 10.2. The molecule has 0 heterocycles. The van der Waals surface area contributed by atoms with Gasteiger partial charge in [-0.1, -0.05) is 25.1 Å². The molecule has 3 aliphatic carbocycles. The fourth-order valence-corrected chi connectivity index (χ4v) is 6.99. The number of ketones is 1. The second-order valence-corrected chi connectivity index (χ2v) is 10.2. The molecule has 32 heavy (non-hydrogen) atoms. The van der Waals surface area contributed by atoms with Gasteiger partial charge in [-0.25, -0.2) is 0 Å². The first-order valence-electron chi connectivity index (χ1n) is 12.1. The smallest absolute Gasteiger partial charge is 0.423 e. The summed E-state index contributed by atoms with van der Waals surface area (Å²) in [4.78, 5) is 25.2. The number of Topliss-reactive ketones (excluding diaryl/α,β-unsaturated/α-hetero) is 1. The molecule has 0 bridgehead atoms. The van der Waals surface area contributed by atoms with E-state index in [4.69, 9.17) is 4.74 Å². The summed E-state index contributed by atoms with van der Waals surface area (Å²) >= 11 is 0. The molecule has 0 spiro atoms. The van der Waals surface area contributed by atoms with Crippen LogP contribution < -0.4 is 10.8 Å². The molecule has 174 valence electrons. The van der Waals surface area contributed by atoms with Crippen LogP contribution in [0.3, 0.4) is 0 Å². The van der Waals surface area contributed by atoms with E-state index in [0.29, 0.717) is 60.9 Å². The largest absolute Gasteiger partial charge is 0.488 e. The highest BCUT2D eigenvalue weighted by atomic mass is 16.5. The number of methoxy groups -OCH3 is 1. The van der Waals surface area contributed by atoms with Gasteiger partial charge in [0.1, 0.15) is 5.78 Å². The summed E-state index contributed by atoms with van der Waals surface area (Å²) in [6.45, 7) is 3.25. The van der Waals surface area contributed by atoms with Gasteiger partial charge in [0.25, 0.3) is 0 Å². The van der Waals surface area contributed by atoms with E-state index in [-0.39, 0.29) is 11.3 Å². The molecule has 0 radical (unpaired) electrons. The standard InChI is InChI=1S/C25H36BNO5/c1-25-11-10-20-19-9-7-18(26(30)31)14-16(19)6-8-21(20)24(25)17(15-22(25)28)4-3-5-23(29)27-12-13-32-2/h7,9,14,17,20-21,24,30-31H,3-6,8,10-13,15H2,1-2H3,(H,27,29)/t17-,20+,21+,24-,25+/m0/s1. The molecule has 2 fully saturated rings. The van der Waals surface area contributed by atoms with Crippen LogP contribution in [-0.4, -0.2) is 49.1 Å². The van der Waals surface area contributed by atoms with Crippen molar-refractivity contribution in [1.82, 2.24) is 5.32 Å². The van der Waals surface area contributed by atoms with Crippen molar-refractivity contribution in [2.45, 2.75) is 64.2 Å². The third kappa shape index (κ3) is 4.39. The fourth-order valence-electron chi connectivity index (χ4n) is 6.99. The lowest BCUT2D eigenvalue weighted by Crippen LogP contribution is -2.44. The molecule has 1 aromatic carbocycles. The molecule has 0 aliphatic heterocycles. The summed E-state index contributed by atoms with van der Waals surface area (Å²) in [7, 11) is 0.187. The lowest BCUT2D eigenvalue weighted by Gasteiger charge is -2.50. The number of hydrogen-bond donors (Lipinski definition) is 3. The number of rotatable bonds is 8. The number of nitrogens with one attached hydrogen (secondary N) is 1. The first-order valence-corrected chi connectivity index (χ1v) is 12.1. The Balaban J connectivity index is 1.46. The monoisotopic (exact) mass is 441 g/mol. The van der Waals surface area contributed by atoms with E-state index in [0.717, 1.165) is 38.5 Å². The minimum atomic E-state index is -1.43. The Morgan fingerprint density at radius 1 is 1.31 bits per heavy atom. The summed E-state index contributed by atoms with van der Waals surface area (Å²) in [5, 5.41) is 22.0. The van der Waals surface area contributed by atoms with Gasteiger partial charge in [-0.05, 0) is 78.8 Å². The average molecular weight is 441 g/mol. The highest BCUT2D eigenvalue weighted by Crippen LogP contribution is 2.62. The quantitative estimate of drug-likeness (QED) is 0.424. The number of aryl methyl sites for hydroxylation is 1. The summed E-state index contributed by atoms with van der Waals surface area (Å²) in [5.74, 6) is 2.13. The topological polar surface area (TPSA) is 95.9 Å². The van der Waals surface area contributed by atoms with Gasteiger partial charge in [0.15, 0.2) is 0 Å². The van der Waals surface area contributed by atoms with Gasteiger partial charge in [0.2, 0.25) is 5.91 Å². The maximum atomic E-state index is 13.1. The normalized spacial score (nSPS) is 30.9. The molecular formula is C25H36BNO5. The third-order valence-electron chi connectivity index (χ3n) is 8.50. The van der Waals surface area contributed by atoms with Crippen molar-refractivity contribution in [3.8, 4) is 0 Å². The molecule has 5 atom stereocenters. The minimum Gasteiger partial charge on any atom is -0.423 e. The van der Waals surface area contributed by atoms with E-state index in [1.54, 1.807) is 7.11 Å². The molecule has 2 saturated carbocycles. The number of benzene rings is 1. The van der Waals surface area contributed by atoms with Crippen molar-refractivity contribution in [3.63, 3.8) is 0 Å². The first kappa shape index (κ1) is 23.5. The predicted octanol–water partition coefficient (Wildman–Crippen LogP) is 1.95. The van der Waals surface area contributed by atoms with E-state index >= 15 is 0 Å². The van der Waals surface area contributed by atoms with Gasteiger partial charge in [-0.2, -0.15) is 0 Å². The molecule has 3 N–H and O–H groups in total. The lowest BCUT2D eigenvalue weighted by atomic mass is 9.53.